The fraction of sp³-hybridized carbons (Fsp3) is 0.316. The Morgan fingerprint density at radius 1 is 0.840 bits per heavy atom. The third-order valence-corrected chi connectivity index (χ3v) is 5.89. The van der Waals surface area contributed by atoms with E-state index in [-0.39, 0.29) is 41.2 Å². The van der Waals surface area contributed by atoms with Crippen LogP contribution < -0.4 is 5.32 Å². The lowest BCUT2D eigenvalue weighted by Gasteiger charge is -2.40. The molecule has 1 aliphatic rings. The molecule has 0 aliphatic carbocycles. The number of piperidine rings is 1. The summed E-state index contributed by atoms with van der Waals surface area (Å²) in [5.41, 5.74) is 1.34. The van der Waals surface area contributed by atoms with Crippen LogP contribution in [0.2, 0.25) is 0 Å². The van der Waals surface area contributed by atoms with E-state index >= 15 is 0 Å². The fourth-order valence-electron chi connectivity index (χ4n) is 3.49. The molecule has 132 valence electrons. The number of rotatable bonds is 2. The van der Waals surface area contributed by atoms with Crippen molar-refractivity contribution >= 4 is 37.6 Å². The van der Waals surface area contributed by atoms with Crippen molar-refractivity contribution in [2.24, 2.45) is 11.8 Å². The Labute approximate surface area is 163 Å². The van der Waals surface area contributed by atoms with Crippen LogP contribution in [0.15, 0.2) is 45.3 Å². The zero-order chi connectivity index (χ0) is 18.3. The second-order valence-corrected chi connectivity index (χ2v) is 8.34. The summed E-state index contributed by atoms with van der Waals surface area (Å²) in [5, 5.41) is 24.0. The Morgan fingerprint density at radius 2 is 1.24 bits per heavy atom. The topological polar surface area (TPSA) is 69.6 Å². The molecule has 2 aromatic rings. The van der Waals surface area contributed by atoms with Crippen molar-refractivity contribution in [3.8, 4) is 11.5 Å². The molecule has 0 saturated carbocycles. The molecule has 0 radical (unpaired) electrons. The highest BCUT2D eigenvalue weighted by molar-refractivity contribution is 9.10. The van der Waals surface area contributed by atoms with Crippen molar-refractivity contribution in [3.05, 3.63) is 56.5 Å². The van der Waals surface area contributed by atoms with Gasteiger partial charge in [-0.3, -0.25) is 4.79 Å². The quantitative estimate of drug-likeness (QED) is 0.589. The van der Waals surface area contributed by atoms with Crippen LogP contribution in [0.4, 0.5) is 0 Å². The molecule has 0 spiro atoms. The molecule has 25 heavy (non-hydrogen) atoms. The molecule has 2 aromatic carbocycles. The summed E-state index contributed by atoms with van der Waals surface area (Å²) in [6.07, 6.45) is 0. The third-order valence-electron chi connectivity index (χ3n) is 4.91. The Hall–Kier alpha value is -1.37. The van der Waals surface area contributed by atoms with E-state index in [1.54, 1.807) is 24.3 Å². The van der Waals surface area contributed by atoms with Gasteiger partial charge in [-0.05, 0) is 36.4 Å². The molecular weight excluding hydrogens is 450 g/mol. The normalized spacial score (nSPS) is 26.6. The first kappa shape index (κ1) is 18.4. The maximum absolute atomic E-state index is 12.9. The number of halogens is 2. The number of benzene rings is 2. The van der Waals surface area contributed by atoms with Gasteiger partial charge < -0.3 is 15.5 Å². The molecule has 0 amide bonds. The number of phenols is 2. The van der Waals surface area contributed by atoms with E-state index in [0.29, 0.717) is 11.1 Å². The molecule has 1 fully saturated rings. The standard InChI is InChI=1S/C19H19Br2NO3/c1-9-17(13-7-11(20)3-5-15(13)23)22-18(10(2)19(9)25)14-8-12(21)4-6-16(14)24/h3-10,17-18,22-24H,1-2H3/t9-,10-,17-,18-/m0/s1. The summed E-state index contributed by atoms with van der Waals surface area (Å²) >= 11 is 6.84. The van der Waals surface area contributed by atoms with Crippen LogP contribution in [0.1, 0.15) is 37.1 Å². The molecule has 4 nitrogen and oxygen atoms in total. The van der Waals surface area contributed by atoms with Gasteiger partial charge in [0.05, 0.1) is 0 Å². The highest BCUT2D eigenvalue weighted by atomic mass is 79.9. The minimum atomic E-state index is -0.343. The van der Waals surface area contributed by atoms with Crippen molar-refractivity contribution in [2.75, 3.05) is 0 Å². The van der Waals surface area contributed by atoms with Crippen LogP contribution in [-0.4, -0.2) is 16.0 Å². The van der Waals surface area contributed by atoms with E-state index in [9.17, 15) is 15.0 Å². The van der Waals surface area contributed by atoms with Gasteiger partial charge >= 0.3 is 0 Å². The SMILES string of the molecule is C[C@@H]1C(=O)[C@@H](C)[C@@H](c2cc(Br)ccc2O)N[C@@H]1c1cc(Br)ccc1O. The summed E-state index contributed by atoms with van der Waals surface area (Å²) in [6, 6.07) is 9.70. The van der Waals surface area contributed by atoms with Crippen molar-refractivity contribution in [1.82, 2.24) is 5.32 Å². The number of carbonyl (C=O) groups excluding carboxylic acids is 1. The molecule has 1 aliphatic heterocycles. The lowest BCUT2D eigenvalue weighted by atomic mass is 9.76. The lowest BCUT2D eigenvalue weighted by Crippen LogP contribution is -2.46. The van der Waals surface area contributed by atoms with Crippen LogP contribution in [0.25, 0.3) is 0 Å². The van der Waals surface area contributed by atoms with Crippen LogP contribution in [0.5, 0.6) is 11.5 Å². The zero-order valence-electron chi connectivity index (χ0n) is 13.8. The van der Waals surface area contributed by atoms with Crippen LogP contribution >= 0.6 is 31.9 Å². The molecule has 1 saturated heterocycles. The summed E-state index contributed by atoms with van der Waals surface area (Å²) in [7, 11) is 0. The molecular formula is C19H19Br2NO3. The zero-order valence-corrected chi connectivity index (χ0v) is 17.0. The largest absolute Gasteiger partial charge is 0.508 e. The Morgan fingerprint density at radius 3 is 1.64 bits per heavy atom. The first-order chi connectivity index (χ1) is 11.8. The second-order valence-electron chi connectivity index (χ2n) is 6.51. The maximum Gasteiger partial charge on any atom is 0.142 e. The predicted octanol–water partition coefficient (Wildman–Crippen LogP) is 4.85. The number of phenolic OH excluding ortho intramolecular Hbond substituents is 2. The second kappa shape index (κ2) is 7.09. The summed E-state index contributed by atoms with van der Waals surface area (Å²) in [5.74, 6) is -0.187. The first-order valence-corrected chi connectivity index (χ1v) is 9.64. The monoisotopic (exact) mass is 467 g/mol. The van der Waals surface area contributed by atoms with E-state index in [1.807, 2.05) is 26.0 Å². The number of nitrogens with one attached hydrogen (secondary N) is 1. The highest BCUT2D eigenvalue weighted by Crippen LogP contribution is 2.43. The van der Waals surface area contributed by atoms with Gasteiger partial charge in [-0.2, -0.15) is 0 Å². The average Bonchev–Trinajstić information content (AvgIpc) is 2.58. The van der Waals surface area contributed by atoms with E-state index in [0.717, 1.165) is 8.95 Å². The van der Waals surface area contributed by atoms with Gasteiger partial charge in [0.1, 0.15) is 17.3 Å². The Kier molecular flexibility index (Phi) is 5.23. The van der Waals surface area contributed by atoms with Crippen molar-refractivity contribution < 1.29 is 15.0 Å². The summed E-state index contributed by atoms with van der Waals surface area (Å²) in [4.78, 5) is 12.9. The minimum Gasteiger partial charge on any atom is -0.508 e. The van der Waals surface area contributed by atoms with Crippen molar-refractivity contribution in [3.63, 3.8) is 0 Å². The predicted molar refractivity (Wildman–Crippen MR) is 104 cm³/mol. The van der Waals surface area contributed by atoms with Gasteiger partial charge in [0.2, 0.25) is 0 Å². The van der Waals surface area contributed by atoms with Gasteiger partial charge in [0.15, 0.2) is 0 Å². The molecule has 0 bridgehead atoms. The number of carbonyl (C=O) groups is 1. The Bertz CT molecular complexity index is 759. The van der Waals surface area contributed by atoms with E-state index in [2.05, 4.69) is 37.2 Å². The number of aromatic hydroxyl groups is 2. The summed E-state index contributed by atoms with van der Waals surface area (Å²) < 4.78 is 1.67. The molecule has 0 aromatic heterocycles. The Balaban J connectivity index is 2.05. The molecule has 4 atom stereocenters. The number of hydrogen-bond donors (Lipinski definition) is 3. The summed E-state index contributed by atoms with van der Waals surface area (Å²) in [6.45, 7) is 3.74. The molecule has 1 heterocycles. The van der Waals surface area contributed by atoms with Crippen LogP contribution in [0, 0.1) is 11.8 Å². The highest BCUT2D eigenvalue weighted by Gasteiger charge is 2.41. The number of ketones is 1. The van der Waals surface area contributed by atoms with Gasteiger partial charge in [-0.1, -0.05) is 45.7 Å². The fourth-order valence-corrected chi connectivity index (χ4v) is 4.25. The number of hydrogen-bond acceptors (Lipinski definition) is 4. The first-order valence-electron chi connectivity index (χ1n) is 8.06. The minimum absolute atomic E-state index is 0.104. The molecule has 0 unspecified atom stereocenters. The average molecular weight is 469 g/mol. The molecule has 6 heteroatoms. The molecule has 3 rings (SSSR count). The van der Waals surface area contributed by atoms with E-state index in [4.69, 9.17) is 0 Å². The van der Waals surface area contributed by atoms with Gasteiger partial charge in [0, 0.05) is 44.0 Å². The smallest absolute Gasteiger partial charge is 0.142 e. The lowest BCUT2D eigenvalue weighted by molar-refractivity contribution is -0.130. The number of Topliss-reactive ketones (excluding diaryl/α,β-unsaturated/α-hetero) is 1. The third kappa shape index (κ3) is 3.48. The molecule has 3 N–H and O–H groups in total. The van der Waals surface area contributed by atoms with Gasteiger partial charge in [-0.25, -0.2) is 0 Å². The van der Waals surface area contributed by atoms with Crippen LogP contribution in [0.3, 0.4) is 0 Å². The van der Waals surface area contributed by atoms with Crippen LogP contribution in [-0.2, 0) is 4.79 Å². The van der Waals surface area contributed by atoms with Gasteiger partial charge in [-0.15, -0.1) is 0 Å². The maximum atomic E-state index is 12.9. The van der Waals surface area contributed by atoms with Crippen molar-refractivity contribution in [2.45, 2.75) is 25.9 Å². The van der Waals surface area contributed by atoms with E-state index in [1.165, 1.54) is 0 Å². The van der Waals surface area contributed by atoms with Gasteiger partial charge in [0.25, 0.3) is 0 Å². The van der Waals surface area contributed by atoms with Crippen molar-refractivity contribution in [1.29, 1.82) is 0 Å². The van der Waals surface area contributed by atoms with E-state index < -0.39 is 0 Å².